The Kier molecular flexibility index (Phi) is 8.72. The summed E-state index contributed by atoms with van der Waals surface area (Å²) in [6, 6.07) is 8.29. The molecule has 12 heteroatoms. The maximum Gasteiger partial charge on any atom is 0.426 e. The molecule has 0 radical (unpaired) electrons. The second kappa shape index (κ2) is 12.3. The van der Waals surface area contributed by atoms with Crippen molar-refractivity contribution in [1.82, 2.24) is 25.0 Å². The van der Waals surface area contributed by atoms with Gasteiger partial charge in [0, 0.05) is 18.9 Å². The number of H-pyrrole nitrogens is 1. The van der Waals surface area contributed by atoms with Crippen molar-refractivity contribution in [3.8, 4) is 0 Å². The molecule has 1 aromatic carbocycles. The molecule has 198 valence electrons. The van der Waals surface area contributed by atoms with Crippen LogP contribution < -0.4 is 5.32 Å². The van der Waals surface area contributed by atoms with Crippen LogP contribution in [0.5, 0.6) is 0 Å². The van der Waals surface area contributed by atoms with Gasteiger partial charge in [-0.1, -0.05) is 56.0 Å². The summed E-state index contributed by atoms with van der Waals surface area (Å²) >= 11 is 0. The summed E-state index contributed by atoms with van der Waals surface area (Å²) in [5.41, 5.74) is 0.860. The molecule has 2 aromatic rings. The van der Waals surface area contributed by atoms with Crippen molar-refractivity contribution >= 4 is 30.3 Å². The van der Waals surface area contributed by atoms with Gasteiger partial charge in [0.25, 0.3) is 5.91 Å². The van der Waals surface area contributed by atoms with Gasteiger partial charge in [-0.05, 0) is 24.3 Å². The smallest absolute Gasteiger partial charge is 0.426 e. The number of nitrogens with zero attached hydrogens (tertiary/aromatic N) is 4. The number of nitrogens with one attached hydrogen (secondary N) is 2. The van der Waals surface area contributed by atoms with Crippen LogP contribution in [0.1, 0.15) is 44.1 Å². The summed E-state index contributed by atoms with van der Waals surface area (Å²) in [5, 5.41) is 15.4. The van der Waals surface area contributed by atoms with Crippen LogP contribution in [-0.2, 0) is 25.8 Å². The van der Waals surface area contributed by atoms with Gasteiger partial charge in [-0.2, -0.15) is 0 Å². The van der Waals surface area contributed by atoms with Crippen LogP contribution in [0.4, 0.5) is 10.7 Å². The lowest BCUT2D eigenvalue weighted by molar-refractivity contribution is -0.185. The zero-order valence-corrected chi connectivity index (χ0v) is 20.5. The summed E-state index contributed by atoms with van der Waals surface area (Å²) in [6.07, 6.45) is 6.86. The van der Waals surface area contributed by atoms with Gasteiger partial charge in [0.1, 0.15) is 12.6 Å². The fraction of sp³-hybridized carbons (Fsp3) is 0.480. The number of hydrazine groups is 1. The van der Waals surface area contributed by atoms with Crippen LogP contribution >= 0.6 is 0 Å². The number of aromatic nitrogens is 2. The van der Waals surface area contributed by atoms with Gasteiger partial charge >= 0.3 is 6.09 Å². The largest absolute Gasteiger partial charge is 0.464 e. The van der Waals surface area contributed by atoms with Gasteiger partial charge in [0.2, 0.25) is 18.3 Å². The van der Waals surface area contributed by atoms with Crippen molar-refractivity contribution in [3.05, 3.63) is 48.3 Å². The Balaban J connectivity index is 1.52. The van der Waals surface area contributed by atoms with E-state index in [0.29, 0.717) is 12.8 Å². The number of carbonyl (C=O) groups excluding carboxylic acids is 3. The molecule has 1 saturated heterocycles. The van der Waals surface area contributed by atoms with Crippen molar-refractivity contribution in [3.63, 3.8) is 0 Å². The molecule has 4 amide bonds. The monoisotopic (exact) mass is 512 g/mol. The summed E-state index contributed by atoms with van der Waals surface area (Å²) in [5.74, 6) is -1.34. The van der Waals surface area contributed by atoms with Crippen molar-refractivity contribution in [2.45, 2.75) is 51.2 Å². The first kappa shape index (κ1) is 26.1. The van der Waals surface area contributed by atoms with Crippen LogP contribution in [0.3, 0.4) is 0 Å². The fourth-order valence-corrected chi connectivity index (χ4v) is 5.04. The third-order valence-electron chi connectivity index (χ3n) is 6.86. The predicted molar refractivity (Wildman–Crippen MR) is 131 cm³/mol. The lowest BCUT2D eigenvalue weighted by Gasteiger charge is -2.34. The summed E-state index contributed by atoms with van der Waals surface area (Å²) in [6.45, 7) is 0.0839. The summed E-state index contributed by atoms with van der Waals surface area (Å²) in [4.78, 5) is 63.2. The predicted octanol–water partition coefficient (Wildman–Crippen LogP) is 2.63. The van der Waals surface area contributed by atoms with Crippen LogP contribution in [0.25, 0.3) is 0 Å². The maximum absolute atomic E-state index is 13.9. The molecule has 2 atom stereocenters. The molecule has 1 aromatic heterocycles. The second-order valence-corrected chi connectivity index (χ2v) is 9.37. The molecule has 1 saturated carbocycles. The highest BCUT2D eigenvalue weighted by Gasteiger charge is 2.45. The minimum Gasteiger partial charge on any atom is -0.464 e. The molecule has 2 aliphatic rings. The summed E-state index contributed by atoms with van der Waals surface area (Å²) in [7, 11) is 0. The molecular formula is C25H32N6O6. The molecule has 2 heterocycles. The van der Waals surface area contributed by atoms with Crippen LogP contribution in [0.15, 0.2) is 42.7 Å². The molecule has 37 heavy (non-hydrogen) atoms. The number of hydrogen-bond acceptors (Lipinski definition) is 6. The third kappa shape index (κ3) is 6.64. The number of carbonyl (C=O) groups is 4. The quantitative estimate of drug-likeness (QED) is 0.310. The van der Waals surface area contributed by atoms with E-state index >= 15 is 0 Å². The van der Waals surface area contributed by atoms with Gasteiger partial charge < -0.3 is 10.1 Å². The first-order valence-corrected chi connectivity index (χ1v) is 12.5. The van der Waals surface area contributed by atoms with E-state index in [0.717, 1.165) is 46.3 Å². The van der Waals surface area contributed by atoms with E-state index in [2.05, 4.69) is 15.3 Å². The van der Waals surface area contributed by atoms with E-state index in [9.17, 15) is 24.3 Å². The molecule has 1 aliphatic carbocycles. The Bertz CT molecular complexity index is 1060. The number of amides is 4. The number of rotatable bonds is 11. The van der Waals surface area contributed by atoms with Crippen molar-refractivity contribution < 1.29 is 29.1 Å². The Hall–Kier alpha value is -3.93. The zero-order chi connectivity index (χ0) is 26.2. The number of carboxylic acid groups (broad SMARTS) is 1. The molecule has 0 bridgehead atoms. The maximum atomic E-state index is 13.9. The average molecular weight is 513 g/mol. The lowest BCUT2D eigenvalue weighted by atomic mass is 9.92. The molecule has 4 rings (SSSR count). The standard InChI is InChI=1S/C25H32N6O6/c32-17-29(37-16-19-8-2-1-3-9-19)15-20(14-18-6-4-5-7-18)23(34)31-21(10-13-30(31)25(35)36)22(33)28-24-26-11-12-27-24/h1-3,8-9,11-12,17-18,20-21H,4-7,10,13-16H2,(H,35,36)(H2,26,27,28,33)/t20-,21+/m1/s1. The highest BCUT2D eigenvalue weighted by Crippen LogP contribution is 2.33. The number of hydrogen-bond donors (Lipinski definition) is 3. The van der Waals surface area contributed by atoms with Gasteiger partial charge in [0.15, 0.2) is 0 Å². The molecular weight excluding hydrogens is 480 g/mol. The van der Waals surface area contributed by atoms with Crippen molar-refractivity contribution in [2.75, 3.05) is 18.4 Å². The first-order valence-electron chi connectivity index (χ1n) is 12.5. The van der Waals surface area contributed by atoms with E-state index < -0.39 is 29.9 Å². The van der Waals surface area contributed by atoms with Gasteiger partial charge in [-0.3, -0.25) is 24.5 Å². The van der Waals surface area contributed by atoms with E-state index in [-0.39, 0.29) is 38.0 Å². The van der Waals surface area contributed by atoms with E-state index in [1.165, 1.54) is 12.4 Å². The Labute approximate surface area is 214 Å². The Morgan fingerprint density at radius 3 is 2.62 bits per heavy atom. The number of anilines is 1. The van der Waals surface area contributed by atoms with E-state index in [1.54, 1.807) is 0 Å². The number of benzene rings is 1. The lowest BCUT2D eigenvalue weighted by Crippen LogP contribution is -2.54. The minimum atomic E-state index is -1.33. The van der Waals surface area contributed by atoms with Crippen LogP contribution in [-0.4, -0.2) is 73.6 Å². The van der Waals surface area contributed by atoms with E-state index in [4.69, 9.17) is 4.84 Å². The Morgan fingerprint density at radius 1 is 1.22 bits per heavy atom. The average Bonchev–Trinajstić information content (AvgIpc) is 3.68. The molecule has 1 aliphatic heterocycles. The normalized spacial score (nSPS) is 18.5. The van der Waals surface area contributed by atoms with Crippen LogP contribution in [0.2, 0.25) is 0 Å². The van der Waals surface area contributed by atoms with Crippen molar-refractivity contribution in [2.24, 2.45) is 11.8 Å². The highest BCUT2D eigenvalue weighted by molar-refractivity contribution is 5.97. The van der Waals surface area contributed by atoms with Gasteiger partial charge in [-0.25, -0.2) is 24.9 Å². The third-order valence-corrected chi connectivity index (χ3v) is 6.86. The SMILES string of the molecule is O=CN(C[C@@H](CC1CCCC1)C(=O)N1[C@H](C(=O)Nc2ncc[nH]2)CCN1C(=O)O)OCc1ccccc1. The number of imidazole rings is 1. The summed E-state index contributed by atoms with van der Waals surface area (Å²) < 4.78 is 0. The Morgan fingerprint density at radius 2 is 1.97 bits per heavy atom. The second-order valence-electron chi connectivity index (χ2n) is 9.37. The van der Waals surface area contributed by atoms with Gasteiger partial charge in [-0.15, -0.1) is 0 Å². The molecule has 2 fully saturated rings. The first-order chi connectivity index (χ1) is 18.0. The molecule has 0 spiro atoms. The topological polar surface area (TPSA) is 148 Å². The highest BCUT2D eigenvalue weighted by atomic mass is 16.7. The fourth-order valence-electron chi connectivity index (χ4n) is 5.04. The van der Waals surface area contributed by atoms with Crippen LogP contribution in [0, 0.1) is 11.8 Å². The minimum absolute atomic E-state index is 0.00460. The van der Waals surface area contributed by atoms with Gasteiger partial charge in [0.05, 0.1) is 12.5 Å². The molecule has 12 nitrogen and oxygen atoms in total. The number of hydroxylamine groups is 2. The van der Waals surface area contributed by atoms with E-state index in [1.807, 2.05) is 30.3 Å². The zero-order valence-electron chi connectivity index (χ0n) is 20.5. The van der Waals surface area contributed by atoms with Crippen molar-refractivity contribution in [1.29, 1.82) is 0 Å². The molecule has 0 unspecified atom stereocenters. The molecule has 3 N–H and O–H groups in total. The number of aromatic amines is 1.